The zero-order valence-electron chi connectivity index (χ0n) is 16.6. The normalized spacial score (nSPS) is 18.6. The van der Waals surface area contributed by atoms with Crippen molar-refractivity contribution in [1.29, 1.82) is 0 Å². The second kappa shape index (κ2) is 10.5. The van der Waals surface area contributed by atoms with Gasteiger partial charge in [-0.05, 0) is 36.5 Å². The van der Waals surface area contributed by atoms with Crippen molar-refractivity contribution in [3.05, 3.63) is 29.8 Å². The average molecular weight is 400 g/mol. The van der Waals surface area contributed by atoms with E-state index in [9.17, 15) is 13.5 Å². The lowest BCUT2D eigenvalue weighted by Gasteiger charge is -2.26. The van der Waals surface area contributed by atoms with E-state index in [4.69, 9.17) is 9.47 Å². The van der Waals surface area contributed by atoms with E-state index < -0.39 is 10.0 Å². The number of morpholine rings is 1. The van der Waals surface area contributed by atoms with Gasteiger partial charge in [-0.15, -0.1) is 0 Å². The molecule has 0 saturated carbocycles. The topological polar surface area (TPSA) is 76.1 Å². The Morgan fingerprint density at radius 3 is 2.33 bits per heavy atom. The molecule has 0 aliphatic carbocycles. The van der Waals surface area contributed by atoms with Gasteiger partial charge in [-0.3, -0.25) is 0 Å². The molecular weight excluding hydrogens is 366 g/mol. The van der Waals surface area contributed by atoms with E-state index >= 15 is 0 Å². The minimum atomic E-state index is -3.46. The Bertz CT molecular complexity index is 653. The van der Waals surface area contributed by atoms with E-state index in [2.05, 4.69) is 13.8 Å². The van der Waals surface area contributed by atoms with Gasteiger partial charge in [0.1, 0.15) is 0 Å². The van der Waals surface area contributed by atoms with E-state index in [0.29, 0.717) is 50.3 Å². The van der Waals surface area contributed by atoms with Crippen molar-refractivity contribution in [2.24, 2.45) is 11.8 Å². The van der Waals surface area contributed by atoms with Crippen molar-refractivity contribution in [3.8, 4) is 0 Å². The molecule has 27 heavy (non-hydrogen) atoms. The van der Waals surface area contributed by atoms with Crippen molar-refractivity contribution in [2.75, 3.05) is 32.9 Å². The molecule has 1 aliphatic rings. The van der Waals surface area contributed by atoms with Crippen LogP contribution >= 0.6 is 0 Å². The fourth-order valence-electron chi connectivity index (χ4n) is 2.96. The van der Waals surface area contributed by atoms with E-state index in [-0.39, 0.29) is 12.0 Å². The molecule has 0 amide bonds. The first kappa shape index (κ1) is 22.3. The van der Waals surface area contributed by atoms with Crippen LogP contribution in [0.4, 0.5) is 0 Å². The number of aliphatic hydroxyl groups excluding tert-OH is 1. The fraction of sp³-hybridized carbons (Fsp3) is 0.700. The summed E-state index contributed by atoms with van der Waals surface area (Å²) in [6.45, 7) is 8.83. The molecular formula is C20H33NO5S. The molecule has 0 bridgehead atoms. The summed E-state index contributed by atoms with van der Waals surface area (Å²) >= 11 is 0. The number of sulfonamides is 1. The minimum Gasteiger partial charge on any atom is -0.393 e. The third-order valence-electron chi connectivity index (χ3n) is 4.88. The van der Waals surface area contributed by atoms with Crippen LogP contribution in [0, 0.1) is 11.8 Å². The first-order chi connectivity index (χ1) is 12.8. The molecule has 1 aromatic rings. The molecule has 7 heteroatoms. The second-order valence-electron chi connectivity index (χ2n) is 7.69. The Morgan fingerprint density at radius 1 is 1.11 bits per heavy atom. The van der Waals surface area contributed by atoms with Gasteiger partial charge in [0.15, 0.2) is 0 Å². The van der Waals surface area contributed by atoms with Gasteiger partial charge in [0.05, 0.1) is 37.4 Å². The average Bonchev–Trinajstić information content (AvgIpc) is 2.67. The van der Waals surface area contributed by atoms with Gasteiger partial charge < -0.3 is 14.6 Å². The summed E-state index contributed by atoms with van der Waals surface area (Å²) in [6, 6.07) is 6.83. The Kier molecular flexibility index (Phi) is 8.69. The van der Waals surface area contributed by atoms with Gasteiger partial charge in [-0.2, -0.15) is 4.31 Å². The number of nitrogens with zero attached hydrogens (tertiary/aromatic N) is 1. The summed E-state index contributed by atoms with van der Waals surface area (Å²) < 4.78 is 37.6. The maximum Gasteiger partial charge on any atom is 0.243 e. The lowest BCUT2D eigenvalue weighted by Crippen LogP contribution is -2.40. The summed E-state index contributed by atoms with van der Waals surface area (Å²) in [5.74, 6) is 0.657. The zero-order chi connectivity index (χ0) is 19.9. The van der Waals surface area contributed by atoms with Crippen LogP contribution in [0.3, 0.4) is 0 Å². The monoisotopic (exact) mass is 399 g/mol. The summed E-state index contributed by atoms with van der Waals surface area (Å²) in [5, 5.41) is 10.2. The summed E-state index contributed by atoms with van der Waals surface area (Å²) in [5.41, 5.74) is 0.916. The molecule has 1 aliphatic heterocycles. The van der Waals surface area contributed by atoms with Gasteiger partial charge >= 0.3 is 0 Å². The highest BCUT2D eigenvalue weighted by molar-refractivity contribution is 7.89. The Hall–Kier alpha value is -0.990. The second-order valence-corrected chi connectivity index (χ2v) is 9.63. The van der Waals surface area contributed by atoms with Crippen LogP contribution in [0.25, 0.3) is 0 Å². The summed E-state index contributed by atoms with van der Waals surface area (Å²) in [7, 11) is -3.46. The molecule has 2 atom stereocenters. The highest BCUT2D eigenvalue weighted by atomic mass is 32.2. The molecule has 1 heterocycles. The zero-order valence-corrected chi connectivity index (χ0v) is 17.5. The van der Waals surface area contributed by atoms with Crippen molar-refractivity contribution < 1.29 is 23.0 Å². The fourth-order valence-corrected chi connectivity index (χ4v) is 4.36. The highest BCUT2D eigenvalue weighted by Gasteiger charge is 2.26. The lowest BCUT2D eigenvalue weighted by molar-refractivity contribution is 0.0231. The lowest BCUT2D eigenvalue weighted by atomic mass is 9.97. The predicted molar refractivity (Wildman–Crippen MR) is 105 cm³/mol. The molecule has 0 radical (unpaired) electrons. The van der Waals surface area contributed by atoms with Crippen LogP contribution < -0.4 is 0 Å². The van der Waals surface area contributed by atoms with Crippen LogP contribution in [0.5, 0.6) is 0 Å². The number of aliphatic hydroxyl groups is 1. The van der Waals surface area contributed by atoms with Crippen molar-refractivity contribution in [3.63, 3.8) is 0 Å². The number of ether oxygens (including phenoxy) is 2. The molecule has 1 N–H and O–H groups in total. The Labute approximate surface area is 163 Å². The molecule has 0 unspecified atom stereocenters. The standard InChI is InChI=1S/C20H33NO5S/c1-16(2)4-9-20(22)17(3)14-26-15-18-5-7-19(8-6-18)27(23,24)21-10-12-25-13-11-21/h5-8,16-17,20,22H,4,9-15H2,1-3H3/t17-,20-/m0/s1. The third kappa shape index (κ3) is 6.84. The van der Waals surface area contributed by atoms with Gasteiger partial charge in [0.25, 0.3) is 0 Å². The van der Waals surface area contributed by atoms with Crippen molar-refractivity contribution in [1.82, 2.24) is 4.31 Å². The summed E-state index contributed by atoms with van der Waals surface area (Å²) in [4.78, 5) is 0.297. The number of hydrogen-bond donors (Lipinski definition) is 1. The Balaban J connectivity index is 1.81. The van der Waals surface area contributed by atoms with Crippen LogP contribution in [-0.4, -0.2) is 56.8 Å². The van der Waals surface area contributed by atoms with Gasteiger partial charge in [-0.1, -0.05) is 32.9 Å². The molecule has 154 valence electrons. The molecule has 1 saturated heterocycles. The minimum absolute atomic E-state index is 0.0738. The van der Waals surface area contributed by atoms with Gasteiger partial charge in [-0.25, -0.2) is 8.42 Å². The van der Waals surface area contributed by atoms with E-state index in [0.717, 1.165) is 18.4 Å². The Morgan fingerprint density at radius 2 is 1.74 bits per heavy atom. The summed E-state index contributed by atoms with van der Waals surface area (Å²) in [6.07, 6.45) is 1.44. The molecule has 1 aromatic carbocycles. The van der Waals surface area contributed by atoms with Crippen LogP contribution in [-0.2, 0) is 26.1 Å². The van der Waals surface area contributed by atoms with Crippen molar-refractivity contribution in [2.45, 2.75) is 51.2 Å². The van der Waals surface area contributed by atoms with Crippen molar-refractivity contribution >= 4 is 10.0 Å². The number of rotatable bonds is 10. The van der Waals surface area contributed by atoms with E-state index in [1.807, 2.05) is 6.92 Å². The number of hydrogen-bond acceptors (Lipinski definition) is 5. The first-order valence-electron chi connectivity index (χ1n) is 9.73. The maximum absolute atomic E-state index is 12.6. The molecule has 2 rings (SSSR count). The highest BCUT2D eigenvalue weighted by Crippen LogP contribution is 2.19. The van der Waals surface area contributed by atoms with Crippen LogP contribution in [0.15, 0.2) is 29.2 Å². The largest absolute Gasteiger partial charge is 0.393 e. The SMILES string of the molecule is CC(C)CC[C@H](O)[C@@H](C)COCc1ccc(S(=O)(=O)N2CCOCC2)cc1. The maximum atomic E-state index is 12.6. The quantitative estimate of drug-likeness (QED) is 0.655. The number of benzene rings is 1. The van der Waals surface area contributed by atoms with Crippen LogP contribution in [0.1, 0.15) is 39.2 Å². The third-order valence-corrected chi connectivity index (χ3v) is 6.79. The molecule has 6 nitrogen and oxygen atoms in total. The first-order valence-corrected chi connectivity index (χ1v) is 11.2. The predicted octanol–water partition coefficient (Wildman–Crippen LogP) is 2.66. The van der Waals surface area contributed by atoms with Gasteiger partial charge in [0.2, 0.25) is 10.0 Å². The van der Waals surface area contributed by atoms with E-state index in [1.54, 1.807) is 24.3 Å². The van der Waals surface area contributed by atoms with Crippen LogP contribution in [0.2, 0.25) is 0 Å². The molecule has 1 fully saturated rings. The molecule has 0 aromatic heterocycles. The van der Waals surface area contributed by atoms with E-state index in [1.165, 1.54) is 4.31 Å². The van der Waals surface area contributed by atoms with Gasteiger partial charge in [0, 0.05) is 19.0 Å². The smallest absolute Gasteiger partial charge is 0.243 e. The molecule has 0 spiro atoms.